The first-order valence-corrected chi connectivity index (χ1v) is 14.6. The van der Waals surface area contributed by atoms with Gasteiger partial charge in [0, 0.05) is 5.02 Å². The minimum atomic E-state index is -0.418. The Morgan fingerprint density at radius 1 is 1.08 bits per heavy atom. The monoisotopic (exact) mass is 609 g/mol. The van der Waals surface area contributed by atoms with Gasteiger partial charge in [0.05, 0.1) is 35.7 Å². The summed E-state index contributed by atoms with van der Waals surface area (Å²) in [6.45, 7) is 2.05. The number of benzene rings is 2. The molecule has 2 heterocycles. The van der Waals surface area contributed by atoms with E-state index in [-0.39, 0.29) is 28.8 Å². The second-order valence-electron chi connectivity index (χ2n) is 7.36. The van der Waals surface area contributed by atoms with Crippen LogP contribution in [0.1, 0.15) is 23.1 Å². The third-order valence-corrected chi connectivity index (χ3v) is 8.21. The van der Waals surface area contributed by atoms with Crippen LogP contribution in [0.25, 0.3) is 5.69 Å². The molecule has 198 valence electrons. The molecule has 0 bridgehead atoms. The van der Waals surface area contributed by atoms with Gasteiger partial charge in [-0.1, -0.05) is 77.1 Å². The van der Waals surface area contributed by atoms with Crippen LogP contribution < -0.4 is 15.4 Å². The van der Waals surface area contributed by atoms with Crippen molar-refractivity contribution in [3.8, 4) is 11.4 Å². The lowest BCUT2D eigenvalue weighted by atomic mass is 10.2. The molecule has 0 atom stereocenters. The molecular formula is C23H21Cl2N7O3S3. The molecular weight excluding hydrogens is 589 g/mol. The summed E-state index contributed by atoms with van der Waals surface area (Å²) >= 11 is 16.3. The number of amides is 2. The summed E-state index contributed by atoms with van der Waals surface area (Å²) < 4.78 is 8.05. The molecule has 10 nitrogen and oxygen atoms in total. The Hall–Kier alpha value is -2.84. The van der Waals surface area contributed by atoms with Gasteiger partial charge < -0.3 is 10.1 Å². The quantitative estimate of drug-likeness (QED) is 0.174. The number of carbonyl (C=O) groups is 2. The van der Waals surface area contributed by atoms with Crippen molar-refractivity contribution in [2.75, 3.05) is 23.9 Å². The standard InChI is InChI=1S/C23H21Cl2N7O3S3/c1-3-36-23-31-29-21(38-23)27-19(33)12-37-22-30-28-18(32(22)16-6-4-5-7-17(16)35-2)11-26-20(34)14-10-13(24)8-9-15(14)25/h4-10H,3,11-12H2,1-2H3,(H,26,34)(H,27,29,33). The maximum Gasteiger partial charge on any atom is 0.253 e. The van der Waals surface area contributed by atoms with Crippen molar-refractivity contribution in [2.24, 2.45) is 0 Å². The summed E-state index contributed by atoms with van der Waals surface area (Å²) in [5.41, 5.74) is 0.893. The highest BCUT2D eigenvalue weighted by Gasteiger charge is 2.20. The molecule has 4 aromatic rings. The minimum Gasteiger partial charge on any atom is -0.495 e. The number of nitrogens with zero attached hydrogens (tertiary/aromatic N) is 5. The van der Waals surface area contributed by atoms with Gasteiger partial charge in [-0.2, -0.15) is 0 Å². The van der Waals surface area contributed by atoms with E-state index in [1.54, 1.807) is 41.6 Å². The third-order valence-electron chi connectivity index (χ3n) is 4.86. The SMILES string of the molecule is CCSc1nnc(NC(=O)CSc2nnc(CNC(=O)c3cc(Cl)ccc3Cl)n2-c2ccccc2OC)s1. The molecule has 0 unspecified atom stereocenters. The number of ether oxygens (including phenoxy) is 1. The largest absolute Gasteiger partial charge is 0.495 e. The van der Waals surface area contributed by atoms with Crippen LogP contribution in [-0.2, 0) is 11.3 Å². The zero-order chi connectivity index (χ0) is 27.1. The van der Waals surface area contributed by atoms with Crippen molar-refractivity contribution in [3.63, 3.8) is 0 Å². The summed E-state index contributed by atoms with van der Waals surface area (Å²) in [7, 11) is 1.55. The van der Waals surface area contributed by atoms with Crippen LogP contribution in [-0.4, -0.2) is 55.4 Å². The van der Waals surface area contributed by atoms with E-state index in [0.717, 1.165) is 10.1 Å². The molecule has 0 aliphatic heterocycles. The third kappa shape index (κ3) is 6.97. The van der Waals surface area contributed by atoms with Gasteiger partial charge in [0.2, 0.25) is 11.0 Å². The number of thioether (sulfide) groups is 2. The van der Waals surface area contributed by atoms with E-state index in [9.17, 15) is 9.59 Å². The molecule has 2 N–H and O–H groups in total. The van der Waals surface area contributed by atoms with Gasteiger partial charge in [0.1, 0.15) is 5.75 Å². The van der Waals surface area contributed by atoms with Gasteiger partial charge in [-0.15, -0.1) is 20.4 Å². The molecule has 0 aliphatic carbocycles. The van der Waals surface area contributed by atoms with Gasteiger partial charge in [-0.3, -0.25) is 19.5 Å². The summed E-state index contributed by atoms with van der Waals surface area (Å²) in [6.07, 6.45) is 0. The van der Waals surface area contributed by atoms with Crippen molar-refractivity contribution in [3.05, 3.63) is 63.9 Å². The van der Waals surface area contributed by atoms with Crippen LogP contribution in [0.15, 0.2) is 52.0 Å². The van der Waals surface area contributed by atoms with Crippen LogP contribution in [0.2, 0.25) is 10.0 Å². The summed E-state index contributed by atoms with van der Waals surface area (Å²) in [4.78, 5) is 25.4. The van der Waals surface area contributed by atoms with Crippen LogP contribution in [0.5, 0.6) is 5.75 Å². The Balaban J connectivity index is 1.53. The van der Waals surface area contributed by atoms with Gasteiger partial charge >= 0.3 is 0 Å². The van der Waals surface area contributed by atoms with Crippen molar-refractivity contribution in [1.29, 1.82) is 0 Å². The summed E-state index contributed by atoms with van der Waals surface area (Å²) in [5, 5.41) is 23.7. The maximum absolute atomic E-state index is 12.8. The van der Waals surface area contributed by atoms with Crippen LogP contribution in [0.3, 0.4) is 0 Å². The lowest BCUT2D eigenvalue weighted by Gasteiger charge is -2.14. The Bertz CT molecular complexity index is 1450. The van der Waals surface area contributed by atoms with E-state index in [1.165, 1.54) is 29.2 Å². The average Bonchev–Trinajstić information content (AvgIpc) is 3.53. The molecule has 2 aromatic heterocycles. The van der Waals surface area contributed by atoms with Crippen LogP contribution in [0, 0.1) is 0 Å². The number of nitrogens with one attached hydrogen (secondary N) is 2. The minimum absolute atomic E-state index is 0.0299. The van der Waals surface area contributed by atoms with Gasteiger partial charge in [-0.25, -0.2) is 0 Å². The zero-order valence-electron chi connectivity index (χ0n) is 20.1. The molecule has 0 aliphatic rings. The second-order valence-corrected chi connectivity index (χ2v) is 11.6. The van der Waals surface area contributed by atoms with E-state index in [2.05, 4.69) is 31.0 Å². The van der Waals surface area contributed by atoms with Crippen molar-refractivity contribution >= 4 is 75.0 Å². The van der Waals surface area contributed by atoms with Gasteiger partial charge in [0.15, 0.2) is 15.3 Å². The maximum atomic E-state index is 12.8. The number of hydrogen-bond donors (Lipinski definition) is 2. The Kier molecular flexibility index (Phi) is 9.86. The first-order chi connectivity index (χ1) is 18.4. The Morgan fingerprint density at radius 2 is 1.89 bits per heavy atom. The van der Waals surface area contributed by atoms with E-state index >= 15 is 0 Å². The molecule has 0 saturated carbocycles. The number of halogens is 2. The van der Waals surface area contributed by atoms with Crippen molar-refractivity contribution in [1.82, 2.24) is 30.3 Å². The Morgan fingerprint density at radius 3 is 2.68 bits per heavy atom. The molecule has 2 aromatic carbocycles. The number of rotatable bonds is 11. The van der Waals surface area contributed by atoms with E-state index in [4.69, 9.17) is 27.9 Å². The fourth-order valence-electron chi connectivity index (χ4n) is 3.22. The van der Waals surface area contributed by atoms with E-state index in [1.807, 2.05) is 25.1 Å². The van der Waals surface area contributed by atoms with E-state index < -0.39 is 5.91 Å². The first kappa shape index (κ1) is 28.2. The first-order valence-electron chi connectivity index (χ1n) is 11.1. The highest BCUT2D eigenvalue weighted by atomic mass is 35.5. The molecule has 2 amide bonds. The van der Waals surface area contributed by atoms with Crippen LogP contribution >= 0.6 is 58.1 Å². The number of methoxy groups -OCH3 is 1. The lowest BCUT2D eigenvalue weighted by molar-refractivity contribution is -0.113. The predicted octanol–water partition coefficient (Wildman–Crippen LogP) is 5.21. The molecule has 4 rings (SSSR count). The number of anilines is 1. The number of carbonyl (C=O) groups excluding carboxylic acids is 2. The summed E-state index contributed by atoms with van der Waals surface area (Å²) in [6, 6.07) is 12.0. The molecule has 0 spiro atoms. The Labute approximate surface area is 240 Å². The number of hydrogen-bond acceptors (Lipinski definition) is 10. The molecule has 0 saturated heterocycles. The highest BCUT2D eigenvalue weighted by molar-refractivity contribution is 8.01. The topological polar surface area (TPSA) is 124 Å². The molecule has 0 fully saturated rings. The zero-order valence-corrected chi connectivity index (χ0v) is 24.1. The van der Waals surface area contributed by atoms with Crippen molar-refractivity contribution < 1.29 is 14.3 Å². The predicted molar refractivity (Wildman–Crippen MR) is 151 cm³/mol. The fraction of sp³-hybridized carbons (Fsp3) is 0.217. The lowest BCUT2D eigenvalue weighted by Crippen LogP contribution is -2.25. The second kappa shape index (κ2) is 13.3. The number of para-hydroxylation sites is 2. The molecule has 15 heteroatoms. The van der Waals surface area contributed by atoms with E-state index in [0.29, 0.717) is 32.6 Å². The van der Waals surface area contributed by atoms with Gasteiger partial charge in [0.25, 0.3) is 5.91 Å². The summed E-state index contributed by atoms with van der Waals surface area (Å²) in [5.74, 6) is 1.23. The molecule has 0 radical (unpaired) electrons. The average molecular weight is 611 g/mol. The van der Waals surface area contributed by atoms with Gasteiger partial charge in [-0.05, 0) is 36.1 Å². The van der Waals surface area contributed by atoms with Crippen molar-refractivity contribution in [2.45, 2.75) is 23.0 Å². The number of aromatic nitrogens is 5. The van der Waals surface area contributed by atoms with Crippen LogP contribution in [0.4, 0.5) is 5.13 Å². The normalized spacial score (nSPS) is 10.8. The smallest absolute Gasteiger partial charge is 0.253 e. The highest BCUT2D eigenvalue weighted by Crippen LogP contribution is 2.29. The molecule has 38 heavy (non-hydrogen) atoms. The fourth-order valence-corrected chi connectivity index (χ4v) is 6.02.